The van der Waals surface area contributed by atoms with Crippen molar-refractivity contribution in [3.05, 3.63) is 48.2 Å². The number of carbonyl (C=O) groups excluding carboxylic acids is 1. The molecular formula is C21H30ClN3O3. The van der Waals surface area contributed by atoms with Crippen LogP contribution in [-0.4, -0.2) is 23.0 Å². The lowest BCUT2D eigenvalue weighted by Gasteiger charge is -2.23. The molecule has 2 aromatic rings. The largest absolute Gasteiger partial charge is 0.494 e. The average molecular weight is 408 g/mol. The summed E-state index contributed by atoms with van der Waals surface area (Å²) >= 11 is 0. The first kappa shape index (κ1) is 23.7. The van der Waals surface area contributed by atoms with E-state index < -0.39 is 5.54 Å². The van der Waals surface area contributed by atoms with Crippen molar-refractivity contribution in [2.75, 3.05) is 6.61 Å². The summed E-state index contributed by atoms with van der Waals surface area (Å²) in [5.74, 6) is 1.72. The van der Waals surface area contributed by atoms with Gasteiger partial charge >= 0.3 is 0 Å². The minimum Gasteiger partial charge on any atom is -0.494 e. The number of hydrogen-bond acceptors (Lipinski definition) is 5. The van der Waals surface area contributed by atoms with E-state index in [9.17, 15) is 4.79 Å². The highest BCUT2D eigenvalue weighted by atomic mass is 35.5. The van der Waals surface area contributed by atoms with Gasteiger partial charge in [0.05, 0.1) is 12.1 Å². The maximum Gasteiger partial charge on any atom is 0.240 e. The van der Waals surface area contributed by atoms with Crippen LogP contribution >= 0.6 is 12.4 Å². The minimum atomic E-state index is -0.883. The zero-order valence-corrected chi connectivity index (χ0v) is 17.6. The average Bonchev–Trinajstić information content (AvgIpc) is 2.66. The van der Waals surface area contributed by atoms with E-state index in [1.807, 2.05) is 43.3 Å². The molecule has 0 fully saturated rings. The SMILES string of the molecule is CCCOc1ccc(Oc2ncccc2CNC(=O)C(C)(N)CCC)cc1.Cl. The number of ether oxygens (including phenoxy) is 2. The Kier molecular flexibility index (Phi) is 9.76. The Labute approximate surface area is 173 Å². The van der Waals surface area contributed by atoms with Crippen molar-refractivity contribution in [1.29, 1.82) is 0 Å². The van der Waals surface area contributed by atoms with Gasteiger partial charge in [-0.15, -0.1) is 12.4 Å². The molecule has 1 aromatic heterocycles. The van der Waals surface area contributed by atoms with Crippen LogP contribution in [0.2, 0.25) is 0 Å². The van der Waals surface area contributed by atoms with Gasteiger partial charge in [0.1, 0.15) is 11.5 Å². The monoisotopic (exact) mass is 407 g/mol. The Balaban J connectivity index is 0.00000392. The van der Waals surface area contributed by atoms with Crippen LogP contribution in [0.3, 0.4) is 0 Å². The standard InChI is InChI=1S/C21H29N3O3.ClH/c1-4-12-21(3,22)20(25)24-15-16-7-6-13-23-19(16)27-18-10-8-17(9-11-18)26-14-5-2;/h6-11,13H,4-5,12,14-15,22H2,1-3H3,(H,24,25);1H. The molecule has 28 heavy (non-hydrogen) atoms. The van der Waals surface area contributed by atoms with Gasteiger partial charge in [0.2, 0.25) is 11.8 Å². The van der Waals surface area contributed by atoms with E-state index in [1.54, 1.807) is 13.1 Å². The molecular weight excluding hydrogens is 378 g/mol. The lowest BCUT2D eigenvalue weighted by Crippen LogP contribution is -2.51. The van der Waals surface area contributed by atoms with Crippen molar-refractivity contribution in [3.63, 3.8) is 0 Å². The normalized spacial score (nSPS) is 12.4. The highest BCUT2D eigenvalue weighted by Gasteiger charge is 2.26. The summed E-state index contributed by atoms with van der Waals surface area (Å²) in [5.41, 5.74) is 5.97. The third-order valence-corrected chi connectivity index (χ3v) is 4.09. The van der Waals surface area contributed by atoms with Gasteiger partial charge in [0.25, 0.3) is 0 Å². The second kappa shape index (κ2) is 11.5. The van der Waals surface area contributed by atoms with Gasteiger partial charge in [0.15, 0.2) is 0 Å². The van der Waals surface area contributed by atoms with E-state index in [-0.39, 0.29) is 18.3 Å². The minimum absolute atomic E-state index is 0. The third kappa shape index (κ3) is 7.02. The van der Waals surface area contributed by atoms with Gasteiger partial charge in [-0.25, -0.2) is 4.98 Å². The fourth-order valence-electron chi connectivity index (χ4n) is 2.60. The van der Waals surface area contributed by atoms with Crippen molar-refractivity contribution in [2.24, 2.45) is 5.73 Å². The fourth-order valence-corrected chi connectivity index (χ4v) is 2.60. The molecule has 2 rings (SSSR count). The predicted octanol–water partition coefficient (Wildman–Crippen LogP) is 4.22. The Morgan fingerprint density at radius 1 is 1.14 bits per heavy atom. The zero-order chi connectivity index (χ0) is 19.7. The highest BCUT2D eigenvalue weighted by molar-refractivity contribution is 5.85. The number of halogens is 1. The number of nitrogens with one attached hydrogen (secondary N) is 1. The predicted molar refractivity (Wildman–Crippen MR) is 113 cm³/mol. The summed E-state index contributed by atoms with van der Waals surface area (Å²) in [5, 5.41) is 2.88. The molecule has 1 atom stereocenters. The summed E-state index contributed by atoms with van der Waals surface area (Å²) < 4.78 is 11.5. The molecule has 154 valence electrons. The number of rotatable bonds is 10. The molecule has 0 aliphatic rings. The van der Waals surface area contributed by atoms with Gasteiger partial charge in [-0.1, -0.05) is 26.3 Å². The van der Waals surface area contributed by atoms with E-state index in [0.717, 1.165) is 24.2 Å². The van der Waals surface area contributed by atoms with Gasteiger partial charge in [-0.3, -0.25) is 4.79 Å². The molecule has 0 aliphatic carbocycles. The molecule has 0 radical (unpaired) electrons. The molecule has 1 heterocycles. The number of hydrogen-bond donors (Lipinski definition) is 2. The van der Waals surface area contributed by atoms with Crippen LogP contribution in [0.1, 0.15) is 45.6 Å². The Morgan fingerprint density at radius 2 is 1.82 bits per heavy atom. The van der Waals surface area contributed by atoms with Crippen molar-refractivity contribution < 1.29 is 14.3 Å². The number of aromatic nitrogens is 1. The zero-order valence-electron chi connectivity index (χ0n) is 16.7. The Morgan fingerprint density at radius 3 is 2.46 bits per heavy atom. The Hall–Kier alpha value is -2.31. The van der Waals surface area contributed by atoms with E-state index in [2.05, 4.69) is 17.2 Å². The molecule has 1 amide bonds. The van der Waals surface area contributed by atoms with E-state index in [4.69, 9.17) is 15.2 Å². The number of pyridine rings is 1. The molecule has 0 spiro atoms. The molecule has 7 heteroatoms. The van der Waals surface area contributed by atoms with Crippen molar-refractivity contribution in [3.8, 4) is 17.4 Å². The first-order valence-corrected chi connectivity index (χ1v) is 9.38. The summed E-state index contributed by atoms with van der Waals surface area (Å²) in [6, 6.07) is 11.1. The first-order valence-electron chi connectivity index (χ1n) is 9.38. The summed E-state index contributed by atoms with van der Waals surface area (Å²) in [7, 11) is 0. The van der Waals surface area contributed by atoms with Gasteiger partial charge < -0.3 is 20.5 Å². The molecule has 1 aromatic carbocycles. The summed E-state index contributed by atoms with van der Waals surface area (Å²) in [6.45, 7) is 6.80. The van der Waals surface area contributed by atoms with Crippen LogP contribution in [-0.2, 0) is 11.3 Å². The molecule has 0 saturated heterocycles. The van der Waals surface area contributed by atoms with Crippen molar-refractivity contribution in [1.82, 2.24) is 10.3 Å². The Bertz CT molecular complexity index is 736. The van der Waals surface area contributed by atoms with Gasteiger partial charge in [-0.05, 0) is 50.1 Å². The van der Waals surface area contributed by atoms with Crippen molar-refractivity contribution in [2.45, 2.75) is 52.1 Å². The quantitative estimate of drug-likeness (QED) is 0.615. The van der Waals surface area contributed by atoms with Gasteiger partial charge in [0, 0.05) is 18.3 Å². The lowest BCUT2D eigenvalue weighted by atomic mass is 9.96. The van der Waals surface area contributed by atoms with E-state index >= 15 is 0 Å². The fraction of sp³-hybridized carbons (Fsp3) is 0.429. The first-order chi connectivity index (χ1) is 13.0. The summed E-state index contributed by atoms with van der Waals surface area (Å²) in [6.07, 6.45) is 4.09. The maximum absolute atomic E-state index is 12.3. The van der Waals surface area contributed by atoms with Gasteiger partial charge in [-0.2, -0.15) is 0 Å². The lowest BCUT2D eigenvalue weighted by molar-refractivity contribution is -0.126. The van der Waals surface area contributed by atoms with Crippen molar-refractivity contribution >= 4 is 18.3 Å². The molecule has 0 saturated carbocycles. The van der Waals surface area contributed by atoms with Crippen LogP contribution in [0.25, 0.3) is 0 Å². The van der Waals surface area contributed by atoms with Crippen LogP contribution in [0.15, 0.2) is 42.6 Å². The molecule has 3 N–H and O–H groups in total. The van der Waals surface area contributed by atoms with Crippen LogP contribution in [0.4, 0.5) is 0 Å². The second-order valence-electron chi connectivity index (χ2n) is 6.74. The number of nitrogens with zero attached hydrogens (tertiary/aromatic N) is 1. The van der Waals surface area contributed by atoms with Crippen LogP contribution in [0, 0.1) is 0 Å². The maximum atomic E-state index is 12.3. The van der Waals surface area contributed by atoms with E-state index in [0.29, 0.717) is 31.2 Å². The molecule has 0 bridgehead atoms. The topological polar surface area (TPSA) is 86.5 Å². The van der Waals surface area contributed by atoms with E-state index in [1.165, 1.54) is 0 Å². The summed E-state index contributed by atoms with van der Waals surface area (Å²) in [4.78, 5) is 16.6. The van der Waals surface area contributed by atoms with Crippen LogP contribution < -0.4 is 20.5 Å². The molecule has 0 aliphatic heterocycles. The number of benzene rings is 1. The third-order valence-electron chi connectivity index (χ3n) is 4.09. The number of nitrogens with two attached hydrogens (primary N) is 1. The molecule has 1 unspecified atom stereocenters. The number of carbonyl (C=O) groups is 1. The smallest absolute Gasteiger partial charge is 0.240 e. The van der Waals surface area contributed by atoms with Crippen LogP contribution in [0.5, 0.6) is 17.4 Å². The second-order valence-corrected chi connectivity index (χ2v) is 6.74. The molecule has 6 nitrogen and oxygen atoms in total. The number of amides is 1. The highest BCUT2D eigenvalue weighted by Crippen LogP contribution is 2.25.